The van der Waals surface area contributed by atoms with Crippen molar-refractivity contribution in [1.29, 1.82) is 0 Å². The number of unbranched alkanes of at least 4 members (excludes halogenated alkanes) is 27. The number of hydrogen-bond acceptors (Lipinski definition) is 10. The van der Waals surface area contributed by atoms with Crippen LogP contribution in [-0.2, 0) is 28.5 Å². The molecule has 1 heterocycles. The average Bonchev–Trinajstić information content (AvgIpc) is 3.32. The molecule has 1 aliphatic rings. The molecule has 0 aromatic heterocycles. The molecule has 6 unspecified atom stereocenters. The van der Waals surface area contributed by atoms with Crippen LogP contribution in [0.1, 0.15) is 239 Å². The Morgan fingerprint density at radius 2 is 0.894 bits per heavy atom. The van der Waals surface area contributed by atoms with Crippen molar-refractivity contribution in [3.05, 3.63) is 48.6 Å². The van der Waals surface area contributed by atoms with Crippen molar-refractivity contribution in [2.75, 3.05) is 19.8 Å². The summed E-state index contributed by atoms with van der Waals surface area (Å²) >= 11 is 0. The van der Waals surface area contributed by atoms with E-state index in [9.17, 15) is 30.0 Å². The molecule has 10 nitrogen and oxygen atoms in total. The highest BCUT2D eigenvalue weighted by Crippen LogP contribution is 2.23. The number of esters is 2. The molecule has 0 radical (unpaired) electrons. The van der Waals surface area contributed by atoms with Gasteiger partial charge in [0.1, 0.15) is 31.0 Å². The van der Waals surface area contributed by atoms with Crippen LogP contribution in [0.25, 0.3) is 0 Å². The maximum Gasteiger partial charge on any atom is 0.306 e. The van der Waals surface area contributed by atoms with E-state index in [4.69, 9.17) is 18.9 Å². The second-order valence-electron chi connectivity index (χ2n) is 18.7. The van der Waals surface area contributed by atoms with Gasteiger partial charge in [-0.2, -0.15) is 0 Å². The lowest BCUT2D eigenvalue weighted by Crippen LogP contribution is -2.59. The molecule has 0 spiro atoms. The fourth-order valence-corrected chi connectivity index (χ4v) is 8.24. The number of aliphatic hydroxyl groups excluding tert-OH is 4. The van der Waals surface area contributed by atoms with E-state index >= 15 is 0 Å². The van der Waals surface area contributed by atoms with Crippen molar-refractivity contribution in [3.63, 3.8) is 0 Å². The first kappa shape index (κ1) is 61.7. The summed E-state index contributed by atoms with van der Waals surface area (Å²) < 4.78 is 22.3. The lowest BCUT2D eigenvalue weighted by molar-refractivity contribution is -0.305. The Labute approximate surface area is 403 Å². The molecular formula is C56H100O10. The lowest BCUT2D eigenvalue weighted by atomic mass is 9.99. The maximum atomic E-state index is 12.8. The smallest absolute Gasteiger partial charge is 0.306 e. The second kappa shape index (κ2) is 46.4. The molecule has 1 fully saturated rings. The Balaban J connectivity index is 2.23. The van der Waals surface area contributed by atoms with E-state index in [0.717, 1.165) is 83.5 Å². The highest BCUT2D eigenvalue weighted by Gasteiger charge is 2.44. The van der Waals surface area contributed by atoms with Crippen molar-refractivity contribution in [1.82, 2.24) is 0 Å². The van der Waals surface area contributed by atoms with Gasteiger partial charge < -0.3 is 39.4 Å². The second-order valence-corrected chi connectivity index (χ2v) is 18.7. The normalized spacial score (nSPS) is 19.5. The minimum atomic E-state index is -1.60. The lowest BCUT2D eigenvalue weighted by Gasteiger charge is -2.39. The fourth-order valence-electron chi connectivity index (χ4n) is 8.24. The van der Waals surface area contributed by atoms with Crippen LogP contribution in [0.3, 0.4) is 0 Å². The highest BCUT2D eigenvalue weighted by atomic mass is 16.7. The van der Waals surface area contributed by atoms with Crippen LogP contribution in [-0.4, -0.2) is 89.0 Å². The maximum absolute atomic E-state index is 12.8. The molecular weight excluding hydrogens is 833 g/mol. The number of rotatable bonds is 46. The van der Waals surface area contributed by atoms with Crippen LogP contribution in [0.15, 0.2) is 48.6 Å². The molecule has 1 rings (SSSR count). The van der Waals surface area contributed by atoms with Gasteiger partial charge in [-0.3, -0.25) is 9.59 Å². The van der Waals surface area contributed by atoms with Crippen molar-refractivity contribution in [2.45, 2.75) is 275 Å². The first-order valence-corrected chi connectivity index (χ1v) is 27.2. The molecule has 0 aromatic rings. The number of allylic oxidation sites excluding steroid dienone is 8. The van der Waals surface area contributed by atoms with E-state index in [1.165, 1.54) is 122 Å². The van der Waals surface area contributed by atoms with Gasteiger partial charge in [0.15, 0.2) is 12.4 Å². The standard InChI is InChI=1S/C56H100O10/c1-3-5-7-9-11-13-15-17-19-21-23-24-25-27-28-30-32-34-36-38-40-42-44-51(58)63-47-49(48-64-56-55(62)54(61)53(60)50(46-57)66-56)65-52(59)45-43-41-39-37-35-33-31-29-26-22-20-18-16-14-12-10-8-6-4-2/h6,8,12,14,18,20,26,29,49-50,53-57,60-62H,3-5,7,9-11,13,15-17,19,21-25,27-28,30-48H2,1-2H3/b8-6-,14-12-,20-18-,29-26-. The summed E-state index contributed by atoms with van der Waals surface area (Å²) in [5, 5.41) is 40.3. The third-order valence-electron chi connectivity index (χ3n) is 12.5. The number of aliphatic hydroxyl groups is 4. The third kappa shape index (κ3) is 36.7. The molecule has 0 saturated carbocycles. The Hall–Kier alpha value is -2.34. The number of hydrogen-bond donors (Lipinski definition) is 4. The number of carbonyl (C=O) groups excluding carboxylic acids is 2. The Kier molecular flexibility index (Phi) is 43.4. The van der Waals surface area contributed by atoms with E-state index in [1.54, 1.807) is 0 Å². The number of ether oxygens (including phenoxy) is 4. The zero-order valence-corrected chi connectivity index (χ0v) is 42.2. The largest absolute Gasteiger partial charge is 0.462 e. The summed E-state index contributed by atoms with van der Waals surface area (Å²) in [7, 11) is 0. The molecule has 1 aliphatic heterocycles. The number of carbonyl (C=O) groups is 2. The molecule has 384 valence electrons. The zero-order chi connectivity index (χ0) is 48.0. The highest BCUT2D eigenvalue weighted by molar-refractivity contribution is 5.70. The summed E-state index contributed by atoms with van der Waals surface area (Å²) in [6, 6.07) is 0. The Bertz CT molecular complexity index is 1210. The van der Waals surface area contributed by atoms with Crippen LogP contribution < -0.4 is 0 Å². The molecule has 6 atom stereocenters. The van der Waals surface area contributed by atoms with E-state index in [1.807, 2.05) is 0 Å². The molecule has 4 N–H and O–H groups in total. The van der Waals surface area contributed by atoms with Crippen molar-refractivity contribution < 1.29 is 49.0 Å². The summed E-state index contributed by atoms with van der Waals surface area (Å²) in [4.78, 5) is 25.5. The molecule has 66 heavy (non-hydrogen) atoms. The van der Waals surface area contributed by atoms with Gasteiger partial charge in [-0.25, -0.2) is 0 Å². The van der Waals surface area contributed by atoms with Crippen LogP contribution in [0.5, 0.6) is 0 Å². The minimum absolute atomic E-state index is 0.214. The molecule has 10 heteroatoms. The van der Waals surface area contributed by atoms with Gasteiger partial charge in [-0.15, -0.1) is 0 Å². The molecule has 1 saturated heterocycles. The average molecular weight is 933 g/mol. The van der Waals surface area contributed by atoms with Gasteiger partial charge in [0, 0.05) is 12.8 Å². The van der Waals surface area contributed by atoms with Crippen molar-refractivity contribution >= 4 is 11.9 Å². The summed E-state index contributed by atoms with van der Waals surface area (Å²) in [6.07, 6.45) is 49.8. The molecule has 0 aromatic carbocycles. The summed E-state index contributed by atoms with van der Waals surface area (Å²) in [6.45, 7) is 3.33. The molecule has 0 bridgehead atoms. The zero-order valence-electron chi connectivity index (χ0n) is 42.2. The SMILES string of the molecule is CC/C=C\C/C=C\C/C=C\C/C=C\CCCCCCCCC(=O)OC(COC(=O)CCCCCCCCCCCCCCCCCCCCCCCC)COC1OC(CO)C(O)C(O)C1O. The quantitative estimate of drug-likeness (QED) is 0.0264. The van der Waals surface area contributed by atoms with Crippen LogP contribution in [0.2, 0.25) is 0 Å². The van der Waals surface area contributed by atoms with Gasteiger partial charge in [-0.05, 0) is 51.4 Å². The van der Waals surface area contributed by atoms with Crippen molar-refractivity contribution in [2.24, 2.45) is 0 Å². The van der Waals surface area contributed by atoms with Crippen LogP contribution in [0.4, 0.5) is 0 Å². The van der Waals surface area contributed by atoms with E-state index < -0.39 is 49.4 Å². The van der Waals surface area contributed by atoms with Gasteiger partial charge in [0.2, 0.25) is 0 Å². The predicted molar refractivity (Wildman–Crippen MR) is 270 cm³/mol. The predicted octanol–water partition coefficient (Wildman–Crippen LogP) is 13.2. The monoisotopic (exact) mass is 933 g/mol. The third-order valence-corrected chi connectivity index (χ3v) is 12.5. The van der Waals surface area contributed by atoms with Crippen molar-refractivity contribution in [3.8, 4) is 0 Å². The Morgan fingerprint density at radius 3 is 1.35 bits per heavy atom. The van der Waals surface area contributed by atoms with Gasteiger partial charge in [0.25, 0.3) is 0 Å². The van der Waals surface area contributed by atoms with Gasteiger partial charge >= 0.3 is 11.9 Å². The topological polar surface area (TPSA) is 152 Å². The first-order valence-electron chi connectivity index (χ1n) is 27.2. The van der Waals surface area contributed by atoms with E-state index in [-0.39, 0.29) is 32.0 Å². The van der Waals surface area contributed by atoms with Gasteiger partial charge in [-0.1, -0.05) is 223 Å². The Morgan fingerprint density at radius 1 is 0.485 bits per heavy atom. The van der Waals surface area contributed by atoms with Crippen LogP contribution in [0, 0.1) is 0 Å². The van der Waals surface area contributed by atoms with E-state index in [0.29, 0.717) is 6.42 Å². The molecule has 0 aliphatic carbocycles. The summed E-state index contributed by atoms with van der Waals surface area (Å²) in [5.41, 5.74) is 0. The minimum Gasteiger partial charge on any atom is -0.462 e. The fraction of sp³-hybridized carbons (Fsp3) is 0.821. The summed E-state index contributed by atoms with van der Waals surface area (Å²) in [5.74, 6) is -0.814. The van der Waals surface area contributed by atoms with E-state index in [2.05, 4.69) is 62.5 Å². The van der Waals surface area contributed by atoms with Crippen LogP contribution >= 0.6 is 0 Å². The van der Waals surface area contributed by atoms with Gasteiger partial charge in [0.05, 0.1) is 13.2 Å². The first-order chi connectivity index (χ1) is 32.3. The molecule has 0 amide bonds.